The first-order valence-corrected chi connectivity index (χ1v) is 8.50. The number of rotatable bonds is 3. The van der Waals surface area contributed by atoms with Crippen molar-refractivity contribution in [1.82, 2.24) is 9.55 Å². The molecule has 0 bridgehead atoms. The van der Waals surface area contributed by atoms with E-state index in [0.29, 0.717) is 6.04 Å². The van der Waals surface area contributed by atoms with E-state index in [4.69, 9.17) is 0 Å². The highest BCUT2D eigenvalue weighted by Crippen LogP contribution is 2.29. The first-order valence-electron chi connectivity index (χ1n) is 6.91. The van der Waals surface area contributed by atoms with Crippen LogP contribution in [0, 0.1) is 6.92 Å². The maximum Gasteiger partial charge on any atom is 0.207 e. The van der Waals surface area contributed by atoms with Crippen molar-refractivity contribution in [3.05, 3.63) is 39.0 Å². The Morgan fingerprint density at radius 1 is 1.25 bits per heavy atom. The van der Waals surface area contributed by atoms with E-state index in [9.17, 15) is 0 Å². The van der Waals surface area contributed by atoms with Gasteiger partial charge >= 0.3 is 0 Å². The van der Waals surface area contributed by atoms with Crippen LogP contribution in [0.3, 0.4) is 0 Å². The first-order chi connectivity index (χ1) is 9.63. The van der Waals surface area contributed by atoms with Gasteiger partial charge in [0, 0.05) is 21.2 Å². The summed E-state index contributed by atoms with van der Waals surface area (Å²) in [5.74, 6) is 0.938. The molecule has 20 heavy (non-hydrogen) atoms. The second-order valence-corrected chi connectivity index (χ2v) is 7.07. The normalized spacial score (nSPS) is 15.8. The Bertz CT molecular complexity index is 616. The summed E-state index contributed by atoms with van der Waals surface area (Å²) < 4.78 is 4.25. The predicted molar refractivity (Wildman–Crippen MR) is 89.6 cm³/mol. The average Bonchev–Trinajstić information content (AvgIpc) is 3.03. The van der Waals surface area contributed by atoms with Gasteiger partial charge in [-0.05, 0) is 53.9 Å². The molecule has 1 aromatic carbocycles. The molecule has 2 aromatic rings. The van der Waals surface area contributed by atoms with Crippen molar-refractivity contribution in [2.45, 2.75) is 38.6 Å². The van der Waals surface area contributed by atoms with Gasteiger partial charge in [0.05, 0.1) is 11.4 Å². The van der Waals surface area contributed by atoms with E-state index in [1.165, 1.54) is 25.7 Å². The lowest BCUT2D eigenvalue weighted by molar-refractivity contribution is 0.740. The molecule has 1 aliphatic rings. The molecule has 1 saturated carbocycles. The standard InChI is InChI=1S/C15H17Br2N3/c1-10-9-20(14-8-11(16)6-7-13(14)17)15(18-10)19-12-4-2-3-5-12/h6-9,12H,2-5H2,1H3,(H,18,19). The van der Waals surface area contributed by atoms with Gasteiger partial charge in [-0.1, -0.05) is 28.8 Å². The van der Waals surface area contributed by atoms with Crippen molar-refractivity contribution >= 4 is 37.8 Å². The Balaban J connectivity index is 1.97. The van der Waals surface area contributed by atoms with Crippen LogP contribution in [0.1, 0.15) is 31.4 Å². The van der Waals surface area contributed by atoms with Gasteiger partial charge in [0.15, 0.2) is 0 Å². The lowest BCUT2D eigenvalue weighted by Gasteiger charge is -2.15. The van der Waals surface area contributed by atoms with Gasteiger partial charge in [-0.3, -0.25) is 4.57 Å². The molecule has 1 N–H and O–H groups in total. The van der Waals surface area contributed by atoms with E-state index < -0.39 is 0 Å². The van der Waals surface area contributed by atoms with Crippen molar-refractivity contribution in [2.75, 3.05) is 5.32 Å². The van der Waals surface area contributed by atoms with Crippen LogP contribution in [0.4, 0.5) is 5.95 Å². The Labute approximate surface area is 136 Å². The molecule has 106 valence electrons. The average molecular weight is 399 g/mol. The third kappa shape index (κ3) is 2.93. The molecule has 0 radical (unpaired) electrons. The number of aromatic nitrogens is 2. The number of nitrogens with zero attached hydrogens (tertiary/aromatic N) is 2. The van der Waals surface area contributed by atoms with E-state index >= 15 is 0 Å². The molecule has 0 spiro atoms. The molecule has 1 aliphatic carbocycles. The lowest BCUT2D eigenvalue weighted by Crippen LogP contribution is -2.17. The minimum absolute atomic E-state index is 0.557. The van der Waals surface area contributed by atoms with E-state index in [-0.39, 0.29) is 0 Å². The van der Waals surface area contributed by atoms with Crippen molar-refractivity contribution in [2.24, 2.45) is 0 Å². The Hall–Kier alpha value is -0.810. The molecule has 0 aliphatic heterocycles. The van der Waals surface area contributed by atoms with Crippen molar-refractivity contribution in [1.29, 1.82) is 0 Å². The molecule has 3 rings (SSSR count). The zero-order valence-corrected chi connectivity index (χ0v) is 14.5. The first kappa shape index (κ1) is 14.1. The summed E-state index contributed by atoms with van der Waals surface area (Å²) in [6.45, 7) is 2.03. The van der Waals surface area contributed by atoms with E-state index in [2.05, 4.69) is 59.0 Å². The van der Waals surface area contributed by atoms with Crippen LogP contribution in [0.2, 0.25) is 0 Å². The zero-order chi connectivity index (χ0) is 14.1. The van der Waals surface area contributed by atoms with E-state index in [1.807, 2.05) is 19.1 Å². The summed E-state index contributed by atoms with van der Waals surface area (Å²) in [4.78, 5) is 4.64. The molecule has 1 fully saturated rings. The van der Waals surface area contributed by atoms with Gasteiger partial charge in [0.2, 0.25) is 5.95 Å². The van der Waals surface area contributed by atoms with Crippen LogP contribution in [0.15, 0.2) is 33.3 Å². The third-order valence-electron chi connectivity index (χ3n) is 3.68. The fraction of sp³-hybridized carbons (Fsp3) is 0.400. The van der Waals surface area contributed by atoms with E-state index in [0.717, 1.165) is 26.3 Å². The number of imidazole rings is 1. The highest BCUT2D eigenvalue weighted by atomic mass is 79.9. The molecule has 3 nitrogen and oxygen atoms in total. The number of nitrogens with one attached hydrogen (secondary N) is 1. The van der Waals surface area contributed by atoms with Gasteiger partial charge in [-0.25, -0.2) is 4.98 Å². The van der Waals surface area contributed by atoms with Crippen molar-refractivity contribution < 1.29 is 0 Å². The summed E-state index contributed by atoms with van der Waals surface area (Å²) in [5.41, 5.74) is 2.12. The molecule has 0 saturated heterocycles. The summed E-state index contributed by atoms with van der Waals surface area (Å²) in [7, 11) is 0. The van der Waals surface area contributed by atoms with Gasteiger partial charge < -0.3 is 5.32 Å². The minimum atomic E-state index is 0.557. The number of hydrogen-bond donors (Lipinski definition) is 1. The molecule has 0 atom stereocenters. The smallest absolute Gasteiger partial charge is 0.207 e. The van der Waals surface area contributed by atoms with Gasteiger partial charge in [0.25, 0.3) is 0 Å². The molecule has 5 heteroatoms. The van der Waals surface area contributed by atoms with Gasteiger partial charge in [0.1, 0.15) is 0 Å². The van der Waals surface area contributed by atoms with Gasteiger partial charge in [-0.15, -0.1) is 0 Å². The van der Waals surface area contributed by atoms with Crippen molar-refractivity contribution in [3.8, 4) is 5.69 Å². The van der Waals surface area contributed by atoms with Crippen LogP contribution < -0.4 is 5.32 Å². The largest absolute Gasteiger partial charge is 0.353 e. The minimum Gasteiger partial charge on any atom is -0.353 e. The maximum atomic E-state index is 4.64. The highest BCUT2D eigenvalue weighted by molar-refractivity contribution is 9.11. The van der Waals surface area contributed by atoms with E-state index in [1.54, 1.807) is 0 Å². The second-order valence-electron chi connectivity index (χ2n) is 5.30. The maximum absolute atomic E-state index is 4.64. The van der Waals surface area contributed by atoms with Crippen LogP contribution >= 0.6 is 31.9 Å². The van der Waals surface area contributed by atoms with Crippen molar-refractivity contribution in [3.63, 3.8) is 0 Å². The summed E-state index contributed by atoms with van der Waals surface area (Å²) in [5, 5.41) is 3.59. The summed E-state index contributed by atoms with van der Waals surface area (Å²) >= 11 is 7.16. The fourth-order valence-corrected chi connectivity index (χ4v) is 3.49. The number of anilines is 1. The Kier molecular flexibility index (Phi) is 4.17. The predicted octanol–water partition coefficient (Wildman–Crippen LogP) is 5.06. The molecule has 0 amide bonds. The summed E-state index contributed by atoms with van der Waals surface area (Å²) in [6.07, 6.45) is 7.19. The quantitative estimate of drug-likeness (QED) is 0.782. The zero-order valence-electron chi connectivity index (χ0n) is 11.4. The molecule has 0 unspecified atom stereocenters. The lowest BCUT2D eigenvalue weighted by atomic mass is 10.2. The molecular weight excluding hydrogens is 382 g/mol. The Morgan fingerprint density at radius 3 is 2.75 bits per heavy atom. The number of aryl methyl sites for hydroxylation is 1. The topological polar surface area (TPSA) is 29.9 Å². The van der Waals surface area contributed by atoms with Gasteiger partial charge in [-0.2, -0.15) is 0 Å². The highest BCUT2D eigenvalue weighted by Gasteiger charge is 2.18. The SMILES string of the molecule is Cc1cn(-c2cc(Br)ccc2Br)c(NC2CCCC2)n1. The van der Waals surface area contributed by atoms with Crippen LogP contribution in [-0.4, -0.2) is 15.6 Å². The number of halogens is 2. The van der Waals surface area contributed by atoms with Crippen LogP contribution in [0.25, 0.3) is 5.69 Å². The third-order valence-corrected chi connectivity index (χ3v) is 4.85. The molecule has 1 aromatic heterocycles. The van der Waals surface area contributed by atoms with Crippen LogP contribution in [-0.2, 0) is 0 Å². The number of hydrogen-bond acceptors (Lipinski definition) is 2. The fourth-order valence-electron chi connectivity index (χ4n) is 2.71. The number of benzene rings is 1. The second kappa shape index (κ2) is 5.90. The summed E-state index contributed by atoms with van der Waals surface area (Å²) in [6, 6.07) is 6.74. The molecular formula is C15H17Br2N3. The monoisotopic (exact) mass is 397 g/mol. The van der Waals surface area contributed by atoms with Crippen LogP contribution in [0.5, 0.6) is 0 Å². The Morgan fingerprint density at radius 2 is 2.00 bits per heavy atom. The molecule has 1 heterocycles.